The van der Waals surface area contributed by atoms with Gasteiger partial charge in [0.1, 0.15) is 6.04 Å². The van der Waals surface area contributed by atoms with Crippen molar-refractivity contribution in [3.05, 3.63) is 0 Å². The summed E-state index contributed by atoms with van der Waals surface area (Å²) in [6.45, 7) is 2.21. The fraction of sp³-hybridized carbons (Fsp3) is 0.875. The summed E-state index contributed by atoms with van der Waals surface area (Å²) >= 11 is 1.59. The second-order valence-corrected chi connectivity index (χ2v) is 6.45. The van der Waals surface area contributed by atoms with Crippen molar-refractivity contribution in [2.45, 2.75) is 77.2 Å². The molecule has 0 fully saturated rings. The fourth-order valence-corrected chi connectivity index (χ4v) is 2.65. The van der Waals surface area contributed by atoms with E-state index in [1.165, 1.54) is 38.5 Å². The molecule has 1 amide bonds. The van der Waals surface area contributed by atoms with Crippen LogP contribution in [0.2, 0.25) is 0 Å². The van der Waals surface area contributed by atoms with Gasteiger partial charge in [-0.3, -0.25) is 4.79 Å². The topological polar surface area (TPSA) is 66.4 Å². The van der Waals surface area contributed by atoms with E-state index in [0.29, 0.717) is 12.8 Å². The van der Waals surface area contributed by atoms with Crippen molar-refractivity contribution in [1.29, 1.82) is 0 Å². The van der Waals surface area contributed by atoms with Gasteiger partial charge in [-0.15, -0.1) is 0 Å². The van der Waals surface area contributed by atoms with Gasteiger partial charge in [-0.1, -0.05) is 51.9 Å². The number of unbranched alkanes of at least 4 members (excludes halogenated alkanes) is 7. The smallest absolute Gasteiger partial charge is 0.326 e. The lowest BCUT2D eigenvalue weighted by atomic mass is 10.1. The number of carbonyl (C=O) groups excluding carboxylic acids is 1. The molecule has 4 nitrogen and oxygen atoms in total. The van der Waals surface area contributed by atoms with E-state index in [9.17, 15) is 9.59 Å². The van der Waals surface area contributed by atoms with Crippen LogP contribution in [0.25, 0.3) is 0 Å². The molecule has 5 heteroatoms. The number of amides is 1. The lowest BCUT2D eigenvalue weighted by Crippen LogP contribution is -2.41. The molecule has 0 bridgehead atoms. The van der Waals surface area contributed by atoms with Crippen LogP contribution < -0.4 is 5.32 Å². The molecule has 2 N–H and O–H groups in total. The van der Waals surface area contributed by atoms with Gasteiger partial charge >= 0.3 is 5.97 Å². The SMILES string of the molecule is CCCCCCCCCCC(=O)N[C@@H](CCSC)C(=O)O. The van der Waals surface area contributed by atoms with Crippen LogP contribution >= 0.6 is 11.8 Å². The highest BCUT2D eigenvalue weighted by Gasteiger charge is 2.18. The lowest BCUT2D eigenvalue weighted by molar-refractivity contribution is -0.141. The predicted octanol–water partition coefficient (Wildman–Crippen LogP) is 3.84. The molecule has 0 aromatic rings. The summed E-state index contributed by atoms with van der Waals surface area (Å²) in [7, 11) is 0. The largest absolute Gasteiger partial charge is 0.480 e. The van der Waals surface area contributed by atoms with Gasteiger partial charge in [-0.05, 0) is 24.9 Å². The summed E-state index contributed by atoms with van der Waals surface area (Å²) < 4.78 is 0. The normalized spacial score (nSPS) is 12.1. The first-order valence-corrected chi connectivity index (χ1v) is 9.52. The number of hydrogen-bond donors (Lipinski definition) is 2. The summed E-state index contributed by atoms with van der Waals surface area (Å²) in [4.78, 5) is 22.7. The highest BCUT2D eigenvalue weighted by atomic mass is 32.2. The molecule has 0 unspecified atom stereocenters. The molecule has 0 aromatic carbocycles. The van der Waals surface area contributed by atoms with Crippen molar-refractivity contribution in [2.75, 3.05) is 12.0 Å². The van der Waals surface area contributed by atoms with Gasteiger partial charge in [0.15, 0.2) is 0 Å². The van der Waals surface area contributed by atoms with Gasteiger partial charge in [0.2, 0.25) is 5.91 Å². The first-order valence-electron chi connectivity index (χ1n) is 8.13. The Morgan fingerprint density at radius 2 is 1.62 bits per heavy atom. The number of thioether (sulfide) groups is 1. The number of carboxylic acids is 1. The van der Waals surface area contributed by atoms with Crippen LogP contribution in [0.1, 0.15) is 71.1 Å². The van der Waals surface area contributed by atoms with Crippen molar-refractivity contribution < 1.29 is 14.7 Å². The van der Waals surface area contributed by atoms with Crippen LogP contribution in [0.3, 0.4) is 0 Å². The third-order valence-corrected chi connectivity index (χ3v) is 4.15. The van der Waals surface area contributed by atoms with Crippen molar-refractivity contribution >= 4 is 23.6 Å². The maximum atomic E-state index is 11.7. The minimum absolute atomic E-state index is 0.130. The summed E-state index contributed by atoms with van der Waals surface area (Å²) in [6.07, 6.45) is 12.4. The average molecular weight is 317 g/mol. The van der Waals surface area contributed by atoms with Crippen LogP contribution in [0.4, 0.5) is 0 Å². The van der Waals surface area contributed by atoms with E-state index in [4.69, 9.17) is 5.11 Å². The first-order chi connectivity index (χ1) is 10.1. The summed E-state index contributed by atoms with van der Waals surface area (Å²) in [6, 6.07) is -0.737. The molecular formula is C16H31NO3S. The number of rotatable bonds is 14. The fourth-order valence-electron chi connectivity index (χ4n) is 2.18. The van der Waals surface area contributed by atoms with E-state index in [1.807, 2.05) is 6.26 Å². The highest BCUT2D eigenvalue weighted by Crippen LogP contribution is 2.09. The maximum Gasteiger partial charge on any atom is 0.326 e. The van der Waals surface area contributed by atoms with Crippen molar-refractivity contribution in [3.8, 4) is 0 Å². The number of carbonyl (C=O) groups is 2. The number of nitrogens with one attached hydrogen (secondary N) is 1. The van der Waals surface area contributed by atoms with Gasteiger partial charge in [-0.25, -0.2) is 4.79 Å². The van der Waals surface area contributed by atoms with E-state index in [0.717, 1.165) is 18.6 Å². The standard InChI is InChI=1S/C16H31NO3S/c1-3-4-5-6-7-8-9-10-11-15(18)17-14(16(19)20)12-13-21-2/h14H,3-13H2,1-2H3,(H,17,18)(H,19,20)/t14-/m0/s1. The number of aliphatic carboxylic acids is 1. The third kappa shape index (κ3) is 12.7. The molecule has 0 aromatic heterocycles. The first kappa shape index (κ1) is 20.3. The minimum Gasteiger partial charge on any atom is -0.480 e. The Kier molecular flexibility index (Phi) is 13.8. The Bertz CT molecular complexity index is 285. The van der Waals surface area contributed by atoms with Gasteiger partial charge < -0.3 is 10.4 Å². The zero-order valence-electron chi connectivity index (χ0n) is 13.5. The molecule has 0 radical (unpaired) electrons. The predicted molar refractivity (Wildman–Crippen MR) is 89.8 cm³/mol. The second kappa shape index (κ2) is 14.2. The summed E-state index contributed by atoms with van der Waals surface area (Å²) in [5.74, 6) is -0.322. The number of hydrogen-bond acceptors (Lipinski definition) is 3. The quantitative estimate of drug-likeness (QED) is 0.478. The van der Waals surface area contributed by atoms with E-state index >= 15 is 0 Å². The Morgan fingerprint density at radius 3 is 2.14 bits per heavy atom. The van der Waals surface area contributed by atoms with Gasteiger partial charge in [0, 0.05) is 6.42 Å². The molecule has 0 spiro atoms. The van der Waals surface area contributed by atoms with Crippen LogP contribution in [0, 0.1) is 0 Å². The molecule has 0 aliphatic carbocycles. The van der Waals surface area contributed by atoms with Crippen molar-refractivity contribution in [1.82, 2.24) is 5.32 Å². The van der Waals surface area contributed by atoms with Gasteiger partial charge in [0.05, 0.1) is 0 Å². The zero-order chi connectivity index (χ0) is 15.9. The molecule has 21 heavy (non-hydrogen) atoms. The average Bonchev–Trinajstić information content (AvgIpc) is 2.46. The van der Waals surface area contributed by atoms with Crippen LogP contribution in [-0.2, 0) is 9.59 Å². The third-order valence-electron chi connectivity index (χ3n) is 3.50. The molecule has 0 aliphatic heterocycles. The second-order valence-electron chi connectivity index (χ2n) is 5.46. The molecule has 124 valence electrons. The molecule has 0 rings (SSSR count). The Hall–Kier alpha value is -0.710. The molecule has 0 aliphatic rings. The van der Waals surface area contributed by atoms with Crippen LogP contribution in [-0.4, -0.2) is 35.0 Å². The molecule has 0 saturated carbocycles. The van der Waals surface area contributed by atoms with E-state index in [-0.39, 0.29) is 5.91 Å². The number of carboxylic acid groups (broad SMARTS) is 1. The van der Waals surface area contributed by atoms with Crippen LogP contribution in [0.5, 0.6) is 0 Å². The monoisotopic (exact) mass is 317 g/mol. The summed E-state index contributed by atoms with van der Waals surface area (Å²) in [5, 5.41) is 11.7. The molecule has 0 heterocycles. The van der Waals surface area contributed by atoms with E-state index in [1.54, 1.807) is 11.8 Å². The highest BCUT2D eigenvalue weighted by molar-refractivity contribution is 7.98. The molecule has 0 saturated heterocycles. The molecule has 1 atom stereocenters. The maximum absolute atomic E-state index is 11.7. The van der Waals surface area contributed by atoms with Crippen LogP contribution in [0.15, 0.2) is 0 Å². The van der Waals surface area contributed by atoms with E-state index < -0.39 is 12.0 Å². The van der Waals surface area contributed by atoms with Crippen molar-refractivity contribution in [2.24, 2.45) is 0 Å². The van der Waals surface area contributed by atoms with Gasteiger partial charge in [0.25, 0.3) is 0 Å². The van der Waals surface area contributed by atoms with Gasteiger partial charge in [-0.2, -0.15) is 11.8 Å². The lowest BCUT2D eigenvalue weighted by Gasteiger charge is -2.13. The van der Waals surface area contributed by atoms with Crippen molar-refractivity contribution in [3.63, 3.8) is 0 Å². The zero-order valence-corrected chi connectivity index (χ0v) is 14.3. The Morgan fingerprint density at radius 1 is 1.05 bits per heavy atom. The molecular weight excluding hydrogens is 286 g/mol. The van der Waals surface area contributed by atoms with E-state index in [2.05, 4.69) is 12.2 Å². The Labute approximate surface area is 133 Å². The summed E-state index contributed by atoms with van der Waals surface area (Å²) in [5.41, 5.74) is 0. The Balaban J connectivity index is 3.61. The minimum atomic E-state index is -0.937.